The van der Waals surface area contributed by atoms with Crippen LogP contribution < -0.4 is 10.0 Å². The first-order valence-electron chi connectivity index (χ1n) is 12.5. The van der Waals surface area contributed by atoms with Crippen molar-refractivity contribution >= 4 is 27.5 Å². The topological polar surface area (TPSA) is 78.5 Å². The van der Waals surface area contributed by atoms with Crippen LogP contribution in [0.2, 0.25) is 5.02 Å². The maximum absolute atomic E-state index is 12.9. The highest BCUT2D eigenvalue weighted by Crippen LogP contribution is 2.31. The first kappa shape index (κ1) is 26.1. The standard InChI is InChI=1S/C27H36ClN3O3S/c1-18-14-26(19(2)13-24(18)28)35(33,34)30-20(3)15-27(32)29-25-8-6-7-22-16-21(9-10-23(22)25)17-31-11-4-5-12-31/h9-10,13-14,16,20,25,30H,4-8,11-12,15,17H2,1-3H3,(H,29,32)/t20-,25+/m0/s1. The first-order chi connectivity index (χ1) is 16.6. The molecular formula is C27H36ClN3O3S. The molecule has 1 fully saturated rings. The maximum Gasteiger partial charge on any atom is 0.241 e. The van der Waals surface area contributed by atoms with Gasteiger partial charge in [0.15, 0.2) is 0 Å². The minimum Gasteiger partial charge on any atom is -0.349 e. The van der Waals surface area contributed by atoms with E-state index in [1.54, 1.807) is 32.9 Å². The van der Waals surface area contributed by atoms with Crippen LogP contribution in [0.4, 0.5) is 0 Å². The van der Waals surface area contributed by atoms with Gasteiger partial charge >= 0.3 is 0 Å². The van der Waals surface area contributed by atoms with Gasteiger partial charge in [0.2, 0.25) is 15.9 Å². The first-order valence-corrected chi connectivity index (χ1v) is 14.4. The predicted octanol–water partition coefficient (Wildman–Crippen LogP) is 4.80. The molecular weight excluding hydrogens is 482 g/mol. The number of rotatable bonds is 8. The number of nitrogens with one attached hydrogen (secondary N) is 2. The van der Waals surface area contributed by atoms with Crippen LogP contribution in [0.25, 0.3) is 0 Å². The average molecular weight is 518 g/mol. The minimum absolute atomic E-state index is 0.0305. The van der Waals surface area contributed by atoms with Gasteiger partial charge in [0.1, 0.15) is 0 Å². The van der Waals surface area contributed by atoms with Crippen LogP contribution >= 0.6 is 11.6 Å². The number of nitrogens with zero attached hydrogens (tertiary/aromatic N) is 1. The Hall–Kier alpha value is -1.93. The van der Waals surface area contributed by atoms with Gasteiger partial charge < -0.3 is 5.32 Å². The second kappa shape index (κ2) is 11.0. The summed E-state index contributed by atoms with van der Waals surface area (Å²) in [4.78, 5) is 15.5. The summed E-state index contributed by atoms with van der Waals surface area (Å²) in [6.45, 7) is 8.55. The Balaban J connectivity index is 1.37. The molecule has 1 amide bonds. The lowest BCUT2D eigenvalue weighted by molar-refractivity contribution is -0.122. The van der Waals surface area contributed by atoms with Gasteiger partial charge in [-0.2, -0.15) is 0 Å². The lowest BCUT2D eigenvalue weighted by atomic mass is 9.86. The van der Waals surface area contributed by atoms with Crippen molar-refractivity contribution in [3.63, 3.8) is 0 Å². The summed E-state index contributed by atoms with van der Waals surface area (Å²) in [7, 11) is -3.76. The molecule has 1 aliphatic heterocycles. The fraction of sp³-hybridized carbons (Fsp3) is 0.519. The quantitative estimate of drug-likeness (QED) is 0.527. The smallest absolute Gasteiger partial charge is 0.241 e. The van der Waals surface area contributed by atoms with E-state index in [1.807, 2.05) is 0 Å². The summed E-state index contributed by atoms with van der Waals surface area (Å²) in [5, 5.41) is 3.68. The van der Waals surface area contributed by atoms with E-state index in [9.17, 15) is 13.2 Å². The fourth-order valence-corrected chi connectivity index (χ4v) is 7.03. The summed E-state index contributed by atoms with van der Waals surface area (Å²) in [5.74, 6) is -0.150. The molecule has 2 atom stereocenters. The molecule has 0 spiro atoms. The molecule has 1 saturated heterocycles. The maximum atomic E-state index is 12.9. The lowest BCUT2D eigenvalue weighted by Gasteiger charge is -2.28. The molecule has 8 heteroatoms. The van der Waals surface area contributed by atoms with Crippen LogP contribution in [-0.4, -0.2) is 38.4 Å². The van der Waals surface area contributed by atoms with Gasteiger partial charge in [-0.15, -0.1) is 0 Å². The zero-order chi connectivity index (χ0) is 25.2. The number of likely N-dealkylation sites (tertiary alicyclic amines) is 1. The molecule has 0 unspecified atom stereocenters. The number of aryl methyl sites for hydroxylation is 3. The van der Waals surface area contributed by atoms with E-state index in [-0.39, 0.29) is 23.3 Å². The van der Waals surface area contributed by atoms with E-state index in [0.29, 0.717) is 16.1 Å². The molecule has 4 rings (SSSR count). The summed E-state index contributed by atoms with van der Waals surface area (Å²) in [5.41, 5.74) is 5.12. The average Bonchev–Trinajstić information content (AvgIpc) is 3.28. The van der Waals surface area contributed by atoms with Crippen molar-refractivity contribution in [2.24, 2.45) is 0 Å². The van der Waals surface area contributed by atoms with Crippen LogP contribution in [0.3, 0.4) is 0 Å². The number of hydrogen-bond acceptors (Lipinski definition) is 4. The number of benzene rings is 2. The zero-order valence-electron chi connectivity index (χ0n) is 20.9. The number of carbonyl (C=O) groups is 1. The van der Waals surface area contributed by atoms with E-state index in [2.05, 4.69) is 33.1 Å². The van der Waals surface area contributed by atoms with Crippen LogP contribution in [-0.2, 0) is 27.8 Å². The van der Waals surface area contributed by atoms with E-state index in [1.165, 1.54) is 42.6 Å². The molecule has 1 heterocycles. The van der Waals surface area contributed by atoms with Crippen molar-refractivity contribution < 1.29 is 13.2 Å². The summed E-state index contributed by atoms with van der Waals surface area (Å²) in [6, 6.07) is 9.32. The number of sulfonamides is 1. The third kappa shape index (κ3) is 6.45. The van der Waals surface area contributed by atoms with Gasteiger partial charge in [-0.3, -0.25) is 9.69 Å². The molecule has 35 heavy (non-hydrogen) atoms. The summed E-state index contributed by atoms with van der Waals surface area (Å²) in [6.07, 6.45) is 5.60. The Morgan fingerprint density at radius 3 is 2.60 bits per heavy atom. The van der Waals surface area contributed by atoms with Crippen molar-refractivity contribution in [2.45, 2.75) is 82.8 Å². The lowest BCUT2D eigenvalue weighted by Crippen LogP contribution is -2.39. The van der Waals surface area contributed by atoms with Crippen LogP contribution in [0.5, 0.6) is 0 Å². The number of fused-ring (bicyclic) bond motifs is 1. The van der Waals surface area contributed by atoms with Crippen molar-refractivity contribution in [2.75, 3.05) is 13.1 Å². The SMILES string of the molecule is Cc1cc(S(=O)(=O)N[C@@H](C)CC(=O)N[C@@H]2CCCc3cc(CN4CCCC4)ccc32)c(C)cc1Cl. The zero-order valence-corrected chi connectivity index (χ0v) is 22.4. The van der Waals surface area contributed by atoms with Crippen LogP contribution in [0.1, 0.15) is 72.9 Å². The molecule has 1 aliphatic carbocycles. The molecule has 0 aromatic heterocycles. The number of halogens is 1. The number of hydrogen-bond donors (Lipinski definition) is 2. The molecule has 2 N–H and O–H groups in total. The predicted molar refractivity (Wildman–Crippen MR) is 140 cm³/mol. The van der Waals surface area contributed by atoms with E-state index in [4.69, 9.17) is 11.6 Å². The van der Waals surface area contributed by atoms with Gasteiger partial charge in [-0.1, -0.05) is 29.8 Å². The van der Waals surface area contributed by atoms with E-state index in [0.717, 1.165) is 25.8 Å². The number of carbonyl (C=O) groups excluding carboxylic acids is 1. The molecule has 190 valence electrons. The monoisotopic (exact) mass is 517 g/mol. The fourth-order valence-electron chi connectivity index (χ4n) is 5.26. The normalized spacial score (nSPS) is 19.4. The van der Waals surface area contributed by atoms with Gasteiger partial charge in [-0.25, -0.2) is 13.1 Å². The van der Waals surface area contributed by atoms with E-state index < -0.39 is 16.1 Å². The molecule has 2 aliphatic rings. The molecule has 2 aromatic carbocycles. The Morgan fingerprint density at radius 2 is 1.86 bits per heavy atom. The van der Waals surface area contributed by atoms with Crippen molar-refractivity contribution in [1.82, 2.24) is 14.9 Å². The third-order valence-electron chi connectivity index (χ3n) is 7.06. The second-order valence-electron chi connectivity index (χ2n) is 10.1. The van der Waals surface area contributed by atoms with Crippen molar-refractivity contribution in [3.8, 4) is 0 Å². The summed E-state index contributed by atoms with van der Waals surface area (Å²) < 4.78 is 28.5. The van der Waals surface area contributed by atoms with E-state index >= 15 is 0 Å². The Bertz CT molecular complexity index is 1190. The molecule has 2 aromatic rings. The Labute approximate surface area is 214 Å². The second-order valence-corrected chi connectivity index (χ2v) is 12.2. The van der Waals surface area contributed by atoms with Crippen molar-refractivity contribution in [3.05, 3.63) is 63.2 Å². The minimum atomic E-state index is -3.76. The van der Waals surface area contributed by atoms with Gasteiger partial charge in [-0.05, 0) is 106 Å². The highest BCUT2D eigenvalue weighted by molar-refractivity contribution is 7.89. The molecule has 0 bridgehead atoms. The number of amides is 1. The van der Waals surface area contributed by atoms with Gasteiger partial charge in [0, 0.05) is 24.0 Å². The summed E-state index contributed by atoms with van der Waals surface area (Å²) >= 11 is 6.12. The molecule has 6 nitrogen and oxygen atoms in total. The van der Waals surface area contributed by atoms with Crippen LogP contribution in [0.15, 0.2) is 35.2 Å². The largest absolute Gasteiger partial charge is 0.349 e. The van der Waals surface area contributed by atoms with Crippen molar-refractivity contribution in [1.29, 1.82) is 0 Å². The Kier molecular flexibility index (Phi) is 8.21. The molecule has 0 saturated carbocycles. The Morgan fingerprint density at radius 1 is 1.11 bits per heavy atom. The molecule has 0 radical (unpaired) electrons. The van der Waals surface area contributed by atoms with Crippen LogP contribution in [0, 0.1) is 13.8 Å². The van der Waals surface area contributed by atoms with Gasteiger partial charge in [0.25, 0.3) is 0 Å². The van der Waals surface area contributed by atoms with Gasteiger partial charge in [0.05, 0.1) is 10.9 Å². The highest BCUT2D eigenvalue weighted by atomic mass is 35.5. The highest BCUT2D eigenvalue weighted by Gasteiger charge is 2.25. The third-order valence-corrected chi connectivity index (χ3v) is 9.19.